The average molecular weight is 1170 g/mol. The summed E-state index contributed by atoms with van der Waals surface area (Å²) in [6.07, 6.45) is 2.18. The molecule has 8 unspecified atom stereocenters. The van der Waals surface area contributed by atoms with E-state index in [2.05, 4.69) is 47.2 Å². The molecule has 3 fully saturated rings. The van der Waals surface area contributed by atoms with Crippen molar-refractivity contribution in [2.24, 2.45) is 39.6 Å². The molecule has 0 saturated carbocycles. The summed E-state index contributed by atoms with van der Waals surface area (Å²) < 4.78 is -2.12. The van der Waals surface area contributed by atoms with Gasteiger partial charge in [0, 0.05) is 58.9 Å². The van der Waals surface area contributed by atoms with Crippen molar-refractivity contribution in [3.63, 3.8) is 0 Å². The van der Waals surface area contributed by atoms with Crippen LogP contribution in [-0.2, 0) is 59.2 Å². The second-order valence-corrected chi connectivity index (χ2v) is 25.4. The van der Waals surface area contributed by atoms with Gasteiger partial charge in [0.15, 0.2) is 5.96 Å². The van der Waals surface area contributed by atoms with Crippen molar-refractivity contribution in [1.82, 2.24) is 47.1 Å². The van der Waals surface area contributed by atoms with Crippen molar-refractivity contribution in [2.45, 2.75) is 157 Å². The monoisotopic (exact) mass is 1170 g/mol. The maximum Gasteiger partial charge on any atom is 0.247 e. The number of fused-ring (bicyclic) bond motifs is 1. The zero-order chi connectivity index (χ0) is 58.9. The number of hydrogen-bond acceptors (Lipinski definition) is 15. The second kappa shape index (κ2) is 29.6. The van der Waals surface area contributed by atoms with Gasteiger partial charge in [0.2, 0.25) is 65.0 Å². The standard InChI is InChI=1S/C51H77N15O11S3/c1-5-27(2)40-47(76)62-32(14-15-36(52)67)43(72)63-34(23-37(53)68)45(74)65-41(48(77)66-19-9-13-35(66)46(75)61-31(12-8-18-57-49(55)56)42(71)59-26-38(54)69)50(3,4)79-80-51(16-20-78-21-17-51)24-39(70)60-33(44(73)64-40)22-28-25-58-30-11-7-6-10-29(28)30/h6-7,10-11,25,27,31-35,40-41,58H,5,8-9,12-24,26H2,1-4H3,(H2,52,67)(H2,53,68)(H2,54,69)(H,59,71)(H,60,70)(H,61,75)(H,62,76)(H,63,72)(H,64,73)(H,65,74)(H4,55,56,57). The number of carbonyl (C=O) groups excluding carboxylic acids is 11. The van der Waals surface area contributed by atoms with Gasteiger partial charge in [-0.05, 0) is 87.8 Å². The summed E-state index contributed by atoms with van der Waals surface area (Å²) in [5.41, 5.74) is 28.9. The Morgan fingerprint density at radius 1 is 0.825 bits per heavy atom. The van der Waals surface area contributed by atoms with Gasteiger partial charge >= 0.3 is 0 Å². The number of aliphatic imine (C=N–C) groups is 1. The Labute approximate surface area is 476 Å². The van der Waals surface area contributed by atoms with Crippen molar-refractivity contribution in [1.29, 1.82) is 0 Å². The van der Waals surface area contributed by atoms with E-state index in [9.17, 15) is 47.9 Å². The minimum atomic E-state index is -1.78. The molecule has 8 atom stereocenters. The molecular weight excluding hydrogens is 1090 g/mol. The molecule has 5 rings (SSSR count). The fourth-order valence-corrected chi connectivity index (χ4v) is 14.5. The van der Waals surface area contributed by atoms with Crippen molar-refractivity contribution in [3.05, 3.63) is 36.0 Å². The Bertz CT molecular complexity index is 2640. The third kappa shape index (κ3) is 18.4. The zero-order valence-corrected chi connectivity index (χ0v) is 48.0. The van der Waals surface area contributed by atoms with E-state index in [1.807, 2.05) is 24.3 Å². The maximum atomic E-state index is 15.3. The molecule has 3 saturated heterocycles. The molecule has 2 aromatic rings. The van der Waals surface area contributed by atoms with Gasteiger partial charge in [-0.1, -0.05) is 60.1 Å². The minimum absolute atomic E-state index is 0.0146. The smallest absolute Gasteiger partial charge is 0.247 e. The number of benzene rings is 1. The predicted molar refractivity (Wildman–Crippen MR) is 305 cm³/mol. The summed E-state index contributed by atoms with van der Waals surface area (Å²) in [7, 11) is 2.55. The number of H-pyrrole nitrogens is 1. The lowest BCUT2D eigenvalue weighted by Crippen LogP contribution is -2.64. The lowest BCUT2D eigenvalue weighted by atomic mass is 9.95. The highest BCUT2D eigenvalue weighted by molar-refractivity contribution is 8.77. The number of aromatic nitrogens is 1. The molecule has 11 amide bonds. The fourth-order valence-electron chi connectivity index (χ4n) is 9.58. The van der Waals surface area contributed by atoms with Crippen LogP contribution in [0.15, 0.2) is 35.5 Å². The number of nitrogens with one attached hydrogen (secondary N) is 8. The number of nitrogens with zero attached hydrogens (tertiary/aromatic N) is 2. The van der Waals surface area contributed by atoms with Crippen LogP contribution in [0.25, 0.3) is 10.9 Å². The third-order valence-electron chi connectivity index (χ3n) is 14.3. The molecule has 0 radical (unpaired) electrons. The lowest BCUT2D eigenvalue weighted by molar-refractivity contribution is -0.143. The Balaban J connectivity index is 1.58. The van der Waals surface area contributed by atoms with Crippen molar-refractivity contribution < 1.29 is 52.7 Å². The Morgan fingerprint density at radius 2 is 1.50 bits per heavy atom. The molecule has 440 valence electrons. The first-order chi connectivity index (χ1) is 37.8. The Hall–Kier alpha value is -6.75. The molecule has 0 aliphatic carbocycles. The first kappa shape index (κ1) is 64.1. The van der Waals surface area contributed by atoms with Crippen molar-refractivity contribution >= 4 is 115 Å². The number of guanidine groups is 1. The number of rotatable bonds is 19. The molecule has 3 aliphatic rings. The number of nitrogens with two attached hydrogens (primary N) is 5. The van der Waals surface area contributed by atoms with Crippen LogP contribution in [0.3, 0.4) is 0 Å². The molecular formula is C51H77N15O11S3. The van der Waals surface area contributed by atoms with Crippen LogP contribution in [0.4, 0.5) is 0 Å². The van der Waals surface area contributed by atoms with Crippen molar-refractivity contribution in [2.75, 3.05) is 31.1 Å². The van der Waals surface area contributed by atoms with Gasteiger partial charge in [0.25, 0.3) is 0 Å². The maximum absolute atomic E-state index is 15.3. The van der Waals surface area contributed by atoms with Gasteiger partial charge < -0.3 is 75.8 Å². The first-order valence-electron chi connectivity index (χ1n) is 26.6. The van der Waals surface area contributed by atoms with Crippen LogP contribution in [-0.4, -0.2) is 164 Å². The van der Waals surface area contributed by atoms with Gasteiger partial charge in [0.05, 0.1) is 13.0 Å². The molecule has 18 N–H and O–H groups in total. The summed E-state index contributed by atoms with van der Waals surface area (Å²) in [6, 6.07) is -2.38. The molecule has 29 heteroatoms. The SMILES string of the molecule is CCC(C)C1NC(=O)C(Cc2c[nH]c3ccccc23)NC(=O)CC2(CCSCC2)SSC(C)(C)C(C(=O)N2CCCC2C(=O)NC(CCCN=C(N)N)C(=O)NCC(N)=O)NC(=O)C(CC(N)=O)NC(=O)C(CCC(N)=O)NC1=O. The van der Waals surface area contributed by atoms with E-state index in [1.54, 1.807) is 45.7 Å². The van der Waals surface area contributed by atoms with Gasteiger partial charge in [0.1, 0.15) is 42.3 Å². The van der Waals surface area contributed by atoms with Crippen LogP contribution >= 0.6 is 33.3 Å². The summed E-state index contributed by atoms with van der Waals surface area (Å²) in [5, 5.41) is 19.6. The highest BCUT2D eigenvalue weighted by atomic mass is 33.1. The van der Waals surface area contributed by atoms with Gasteiger partial charge in [-0.3, -0.25) is 57.7 Å². The van der Waals surface area contributed by atoms with Gasteiger partial charge in [-0.2, -0.15) is 11.8 Å². The number of likely N-dealkylation sites (tertiary alicyclic amines) is 1. The molecule has 1 aromatic carbocycles. The van der Waals surface area contributed by atoms with E-state index in [0.717, 1.165) is 10.9 Å². The van der Waals surface area contributed by atoms with E-state index in [1.165, 1.54) is 26.5 Å². The van der Waals surface area contributed by atoms with Gasteiger partial charge in [-0.25, -0.2) is 0 Å². The van der Waals surface area contributed by atoms with E-state index in [4.69, 9.17) is 28.7 Å². The van der Waals surface area contributed by atoms with Crippen LogP contribution in [0.2, 0.25) is 0 Å². The molecule has 26 nitrogen and oxygen atoms in total. The summed E-state index contributed by atoms with van der Waals surface area (Å²) >= 11 is 1.70. The van der Waals surface area contributed by atoms with E-state index in [0.29, 0.717) is 42.8 Å². The number of carbonyl (C=O) groups is 11. The number of amides is 11. The number of para-hydroxylation sites is 1. The molecule has 3 aliphatic heterocycles. The Morgan fingerprint density at radius 3 is 2.16 bits per heavy atom. The number of hydrogen-bond donors (Lipinski definition) is 13. The molecule has 80 heavy (non-hydrogen) atoms. The van der Waals surface area contributed by atoms with Crippen LogP contribution in [0.1, 0.15) is 104 Å². The van der Waals surface area contributed by atoms with Crippen LogP contribution in [0.5, 0.6) is 0 Å². The summed E-state index contributed by atoms with van der Waals surface area (Å²) in [5.74, 6) is -8.41. The highest BCUT2D eigenvalue weighted by Gasteiger charge is 2.48. The zero-order valence-electron chi connectivity index (χ0n) is 45.5. The highest BCUT2D eigenvalue weighted by Crippen LogP contribution is 2.52. The third-order valence-corrected chi connectivity index (χ3v) is 19.5. The molecule has 0 bridgehead atoms. The van der Waals surface area contributed by atoms with E-state index < -0.39 is 142 Å². The normalized spacial score (nSPS) is 23.9. The molecule has 1 aromatic heterocycles. The minimum Gasteiger partial charge on any atom is -0.370 e. The van der Waals surface area contributed by atoms with E-state index >= 15 is 4.79 Å². The van der Waals surface area contributed by atoms with Crippen molar-refractivity contribution in [3.8, 4) is 0 Å². The summed E-state index contributed by atoms with van der Waals surface area (Å²) in [6.45, 7) is 6.46. The number of primary amides is 3. The first-order valence-corrected chi connectivity index (χ1v) is 29.9. The number of aromatic amines is 1. The van der Waals surface area contributed by atoms with Crippen LogP contribution < -0.4 is 65.9 Å². The second-order valence-electron chi connectivity index (χ2n) is 20.9. The van der Waals surface area contributed by atoms with E-state index in [-0.39, 0.29) is 57.6 Å². The lowest BCUT2D eigenvalue weighted by Gasteiger charge is -2.41. The topological polar surface area (TPSA) is 433 Å². The quantitative estimate of drug-likeness (QED) is 0.0322. The molecule has 4 heterocycles. The molecule has 1 spiro atoms. The predicted octanol–water partition coefficient (Wildman–Crippen LogP) is -1.72. The number of thioether (sulfide) groups is 1. The van der Waals surface area contributed by atoms with Crippen LogP contribution in [0, 0.1) is 5.92 Å². The fraction of sp³-hybridized carbons (Fsp3) is 0.608. The average Bonchev–Trinajstić information content (AvgIpc) is 4.16. The summed E-state index contributed by atoms with van der Waals surface area (Å²) in [4.78, 5) is 161. The largest absolute Gasteiger partial charge is 0.370 e. The van der Waals surface area contributed by atoms with Gasteiger partial charge in [-0.15, -0.1) is 0 Å². The Kier molecular flexibility index (Phi) is 23.7.